The van der Waals surface area contributed by atoms with Crippen molar-refractivity contribution < 1.29 is 14.4 Å². The molecule has 0 aromatic heterocycles. The molecule has 1 fully saturated rings. The van der Waals surface area contributed by atoms with E-state index in [0.717, 1.165) is 43.8 Å². The molecule has 0 radical (unpaired) electrons. The maximum atomic E-state index is 14.6. The molecule has 0 saturated carbocycles. The number of benzene rings is 4. The first kappa shape index (κ1) is 26.9. The van der Waals surface area contributed by atoms with Crippen molar-refractivity contribution in [1.82, 2.24) is 4.90 Å². The maximum Gasteiger partial charge on any atom is 0.248 e. The van der Waals surface area contributed by atoms with Gasteiger partial charge in [0.25, 0.3) is 0 Å². The molecular formula is C35H28Cl2N2O3. The molecule has 2 bridgehead atoms. The van der Waals surface area contributed by atoms with E-state index in [-0.39, 0.29) is 6.42 Å². The number of hydrogen-bond donors (Lipinski definition) is 1. The lowest BCUT2D eigenvalue weighted by Gasteiger charge is -2.54. The molecule has 1 N–H and O–H groups in total. The van der Waals surface area contributed by atoms with Crippen molar-refractivity contribution >= 4 is 46.6 Å². The van der Waals surface area contributed by atoms with Crippen LogP contribution in [0.15, 0.2) is 97.1 Å². The van der Waals surface area contributed by atoms with E-state index >= 15 is 0 Å². The SMILES string of the molecule is Cc1cccc(NC(=O)[C@H](Cc2ccccc2)N2C(=O)[C@H]3[C@H](C2=O)C2(Cl)c4ccccc4C3(Cl)c3ccccc32)c1C. The van der Waals surface area contributed by atoms with Crippen LogP contribution in [0.3, 0.4) is 0 Å². The predicted octanol–water partition coefficient (Wildman–Crippen LogP) is 6.45. The van der Waals surface area contributed by atoms with Crippen LogP contribution in [-0.4, -0.2) is 28.7 Å². The number of nitrogens with zero attached hydrogens (tertiary/aromatic N) is 1. The predicted molar refractivity (Wildman–Crippen MR) is 163 cm³/mol. The summed E-state index contributed by atoms with van der Waals surface area (Å²) in [5.74, 6) is -3.35. The van der Waals surface area contributed by atoms with E-state index in [9.17, 15) is 14.4 Å². The molecule has 1 heterocycles. The van der Waals surface area contributed by atoms with E-state index in [2.05, 4.69) is 5.32 Å². The smallest absolute Gasteiger partial charge is 0.248 e. The molecular weight excluding hydrogens is 567 g/mol. The average molecular weight is 596 g/mol. The monoisotopic (exact) mass is 594 g/mol. The molecule has 3 atom stereocenters. The summed E-state index contributed by atoms with van der Waals surface area (Å²) in [4.78, 5) is 41.8. The molecule has 5 nitrogen and oxygen atoms in total. The number of carbonyl (C=O) groups excluding carboxylic acids is 3. The Morgan fingerprint density at radius 1 is 0.738 bits per heavy atom. The van der Waals surface area contributed by atoms with Crippen LogP contribution in [0.25, 0.3) is 0 Å². The first-order valence-electron chi connectivity index (χ1n) is 14.0. The van der Waals surface area contributed by atoms with Crippen molar-refractivity contribution in [3.63, 3.8) is 0 Å². The Hall–Kier alpha value is -3.93. The highest BCUT2D eigenvalue weighted by molar-refractivity contribution is 6.36. The summed E-state index contributed by atoms with van der Waals surface area (Å²) in [5, 5.41) is 3.01. The van der Waals surface area contributed by atoms with Crippen molar-refractivity contribution in [2.75, 3.05) is 5.32 Å². The summed E-state index contributed by atoms with van der Waals surface area (Å²) < 4.78 is 0. The van der Waals surface area contributed by atoms with E-state index < -0.39 is 45.3 Å². The van der Waals surface area contributed by atoms with Gasteiger partial charge >= 0.3 is 0 Å². The number of imide groups is 1. The lowest BCUT2D eigenvalue weighted by atomic mass is 9.54. The van der Waals surface area contributed by atoms with Crippen LogP contribution in [0.2, 0.25) is 0 Å². The van der Waals surface area contributed by atoms with Gasteiger partial charge in [-0.1, -0.05) is 91.0 Å². The first-order chi connectivity index (χ1) is 20.2. The highest BCUT2D eigenvalue weighted by atomic mass is 35.5. The first-order valence-corrected chi connectivity index (χ1v) is 14.8. The number of likely N-dealkylation sites (tertiary alicyclic amines) is 1. The molecule has 4 aromatic rings. The second-order valence-corrected chi connectivity index (χ2v) is 12.7. The Morgan fingerprint density at radius 3 is 1.71 bits per heavy atom. The van der Waals surface area contributed by atoms with Crippen LogP contribution < -0.4 is 5.32 Å². The van der Waals surface area contributed by atoms with E-state index in [1.165, 1.54) is 0 Å². The van der Waals surface area contributed by atoms with Crippen molar-refractivity contribution in [2.45, 2.75) is 36.1 Å². The second-order valence-electron chi connectivity index (χ2n) is 11.5. The molecule has 4 aromatic carbocycles. The number of anilines is 1. The fourth-order valence-electron chi connectivity index (χ4n) is 7.24. The number of aryl methyl sites for hydroxylation is 1. The molecule has 1 aliphatic heterocycles. The third-order valence-corrected chi connectivity index (χ3v) is 10.7. The van der Waals surface area contributed by atoms with Gasteiger partial charge in [0.05, 0.1) is 11.8 Å². The zero-order valence-electron chi connectivity index (χ0n) is 23.1. The molecule has 3 aliphatic carbocycles. The summed E-state index contributed by atoms with van der Waals surface area (Å²) in [7, 11) is 0. The summed E-state index contributed by atoms with van der Waals surface area (Å²) in [6.45, 7) is 3.90. The minimum Gasteiger partial charge on any atom is -0.324 e. The third-order valence-electron chi connectivity index (χ3n) is 9.37. The zero-order valence-corrected chi connectivity index (χ0v) is 24.6. The molecule has 210 valence electrons. The van der Waals surface area contributed by atoms with Gasteiger partial charge in [0.2, 0.25) is 17.7 Å². The number of halogens is 2. The number of rotatable bonds is 5. The minimum absolute atomic E-state index is 0.152. The van der Waals surface area contributed by atoms with Gasteiger partial charge in [0, 0.05) is 12.1 Å². The van der Waals surface area contributed by atoms with Crippen molar-refractivity contribution in [1.29, 1.82) is 0 Å². The normalized spacial score (nSPS) is 26.0. The van der Waals surface area contributed by atoms with Crippen LogP contribution in [0.4, 0.5) is 5.69 Å². The van der Waals surface area contributed by atoms with Crippen LogP contribution in [0.1, 0.15) is 38.9 Å². The van der Waals surface area contributed by atoms with Gasteiger partial charge in [-0.05, 0) is 58.9 Å². The highest BCUT2D eigenvalue weighted by Crippen LogP contribution is 2.69. The molecule has 4 aliphatic rings. The quantitative estimate of drug-likeness (QED) is 0.213. The lowest BCUT2D eigenvalue weighted by Crippen LogP contribution is -2.57. The number of carbonyl (C=O) groups is 3. The standard InChI is InChI=1S/C35H28Cl2N2O3/c1-20-11-10-18-27(21(20)2)38-31(40)28(19-22-12-4-3-5-13-22)39-32(41)29-30(33(39)42)35(37)24-15-7-6-14-23(24)34(29,36)25-16-8-9-17-26(25)35/h3-18,28-30H,19H2,1-2H3,(H,38,40)/t28-,29+,30+,34?,35?/m0/s1. The summed E-state index contributed by atoms with van der Waals surface area (Å²) in [6, 6.07) is 29.0. The van der Waals surface area contributed by atoms with Crippen molar-refractivity contribution in [3.05, 3.63) is 136 Å². The Bertz CT molecular complexity index is 1660. The van der Waals surface area contributed by atoms with Crippen LogP contribution >= 0.6 is 23.2 Å². The zero-order chi connectivity index (χ0) is 29.4. The fourth-order valence-corrected chi connectivity index (χ4v) is 8.33. The molecule has 42 heavy (non-hydrogen) atoms. The summed E-state index contributed by atoms with van der Waals surface area (Å²) >= 11 is 15.2. The van der Waals surface area contributed by atoms with E-state index in [1.54, 1.807) is 0 Å². The summed E-state index contributed by atoms with van der Waals surface area (Å²) in [5.41, 5.74) is 6.30. The van der Waals surface area contributed by atoms with Gasteiger partial charge in [-0.25, -0.2) is 0 Å². The molecule has 0 spiro atoms. The van der Waals surface area contributed by atoms with Gasteiger partial charge < -0.3 is 5.32 Å². The molecule has 7 heteroatoms. The molecule has 1 saturated heterocycles. The van der Waals surface area contributed by atoms with Crippen molar-refractivity contribution in [3.8, 4) is 0 Å². The third kappa shape index (κ3) is 3.53. The molecule has 0 unspecified atom stereocenters. The topological polar surface area (TPSA) is 66.5 Å². The average Bonchev–Trinajstić information content (AvgIpc) is 3.28. The Morgan fingerprint density at radius 2 is 1.21 bits per heavy atom. The lowest BCUT2D eigenvalue weighted by molar-refractivity contribution is -0.146. The molecule has 8 rings (SSSR count). The number of hydrogen-bond acceptors (Lipinski definition) is 3. The fraction of sp³-hybridized carbons (Fsp3) is 0.229. The Balaban J connectivity index is 1.37. The van der Waals surface area contributed by atoms with Gasteiger partial charge in [-0.15, -0.1) is 23.2 Å². The number of alkyl halides is 2. The largest absolute Gasteiger partial charge is 0.324 e. The van der Waals surface area contributed by atoms with Crippen LogP contribution in [0.5, 0.6) is 0 Å². The Labute approximate surface area is 254 Å². The number of amides is 3. The van der Waals surface area contributed by atoms with Crippen molar-refractivity contribution in [2.24, 2.45) is 11.8 Å². The summed E-state index contributed by atoms with van der Waals surface area (Å²) in [6.07, 6.45) is 0.152. The van der Waals surface area contributed by atoms with Gasteiger partial charge in [-0.3, -0.25) is 19.3 Å². The maximum absolute atomic E-state index is 14.6. The second kappa shape index (κ2) is 9.55. The van der Waals surface area contributed by atoms with Crippen LogP contribution in [0, 0.1) is 25.7 Å². The van der Waals surface area contributed by atoms with E-state index in [1.807, 2.05) is 111 Å². The molecule has 3 amide bonds. The van der Waals surface area contributed by atoms with Gasteiger partial charge in [0.15, 0.2) is 0 Å². The van der Waals surface area contributed by atoms with Gasteiger partial charge in [0.1, 0.15) is 15.8 Å². The Kier molecular flexibility index (Phi) is 6.12. The number of nitrogens with one attached hydrogen (secondary N) is 1. The highest BCUT2D eigenvalue weighted by Gasteiger charge is 2.73. The minimum atomic E-state index is -1.31. The van der Waals surface area contributed by atoms with Gasteiger partial charge in [-0.2, -0.15) is 0 Å². The van der Waals surface area contributed by atoms with Crippen LogP contribution in [-0.2, 0) is 30.6 Å². The van der Waals surface area contributed by atoms with E-state index in [4.69, 9.17) is 23.2 Å². The van der Waals surface area contributed by atoms with E-state index in [0.29, 0.717) is 5.69 Å².